The van der Waals surface area contributed by atoms with Crippen LogP contribution in [0.15, 0.2) is 12.1 Å². The molecule has 104 valence electrons. The Balaban J connectivity index is 2.05. The molecule has 0 aliphatic heterocycles. The lowest BCUT2D eigenvalue weighted by Gasteiger charge is -2.34. The van der Waals surface area contributed by atoms with E-state index in [1.54, 1.807) is 0 Å². The zero-order valence-electron chi connectivity index (χ0n) is 12.9. The third-order valence-corrected chi connectivity index (χ3v) is 6.65. The van der Waals surface area contributed by atoms with Gasteiger partial charge >= 0.3 is 0 Å². The zero-order valence-corrected chi connectivity index (χ0v) is 12.9. The molecule has 4 atom stereocenters. The lowest BCUT2D eigenvalue weighted by Crippen LogP contribution is -2.23. The van der Waals surface area contributed by atoms with E-state index < -0.39 is 0 Å². The molecule has 0 heterocycles. The first-order chi connectivity index (χ1) is 8.78. The fourth-order valence-corrected chi connectivity index (χ4v) is 4.93. The second-order valence-corrected chi connectivity index (χ2v) is 7.64. The maximum atomic E-state index is 9.97. The summed E-state index contributed by atoms with van der Waals surface area (Å²) in [4.78, 5) is 0. The van der Waals surface area contributed by atoms with Crippen LogP contribution in [0.25, 0.3) is 0 Å². The van der Waals surface area contributed by atoms with Crippen molar-refractivity contribution in [1.82, 2.24) is 0 Å². The van der Waals surface area contributed by atoms with Crippen LogP contribution in [-0.4, -0.2) is 5.11 Å². The van der Waals surface area contributed by atoms with Gasteiger partial charge in [0, 0.05) is 0 Å². The molecule has 1 N–H and O–H groups in total. The second-order valence-electron chi connectivity index (χ2n) is 7.64. The van der Waals surface area contributed by atoms with Crippen LogP contribution >= 0.6 is 0 Å². The maximum Gasteiger partial charge on any atom is 0.121 e. The average Bonchev–Trinajstić information content (AvgIpc) is 2.70. The Bertz CT molecular complexity index is 509. The summed E-state index contributed by atoms with van der Waals surface area (Å²) in [6.45, 7) is 11.5. The summed E-state index contributed by atoms with van der Waals surface area (Å²) < 4.78 is 0. The molecule has 1 aromatic carbocycles. The minimum Gasteiger partial charge on any atom is -0.507 e. The lowest BCUT2D eigenvalue weighted by atomic mass is 9.70. The number of aryl methyl sites for hydroxylation is 2. The van der Waals surface area contributed by atoms with Crippen LogP contribution < -0.4 is 0 Å². The standard InChI is InChI=1S/C18H26O/c1-11-8-14(9-12(2)16(11)19)15-10-17(4)6-7-18(15,5)13(17)3/h8-9,13,15,19H,6-7,10H2,1-5H3/t13?,15-,17+,18+/m0/s1. The van der Waals surface area contributed by atoms with Crippen molar-refractivity contribution >= 4 is 0 Å². The molecule has 2 aliphatic rings. The largest absolute Gasteiger partial charge is 0.507 e. The number of benzene rings is 1. The number of aromatic hydroxyl groups is 1. The zero-order chi connectivity index (χ0) is 14.0. The molecular formula is C18H26O. The van der Waals surface area contributed by atoms with Gasteiger partial charge in [0.1, 0.15) is 5.75 Å². The minimum absolute atomic E-state index is 0.449. The van der Waals surface area contributed by atoms with Gasteiger partial charge in [-0.05, 0) is 72.5 Å². The predicted octanol–water partition coefficient (Wildman–Crippen LogP) is 4.94. The molecule has 0 saturated heterocycles. The Morgan fingerprint density at radius 1 is 1.11 bits per heavy atom. The molecule has 2 fully saturated rings. The number of hydrogen-bond acceptors (Lipinski definition) is 1. The van der Waals surface area contributed by atoms with Crippen LogP contribution in [0.2, 0.25) is 0 Å². The molecule has 0 amide bonds. The Labute approximate surface area is 117 Å². The monoisotopic (exact) mass is 258 g/mol. The highest BCUT2D eigenvalue weighted by Gasteiger charge is 2.60. The van der Waals surface area contributed by atoms with Crippen LogP contribution in [0, 0.1) is 30.6 Å². The predicted molar refractivity (Wildman–Crippen MR) is 79.6 cm³/mol. The van der Waals surface area contributed by atoms with Crippen molar-refractivity contribution in [3.8, 4) is 5.75 Å². The van der Waals surface area contributed by atoms with Crippen LogP contribution in [0.3, 0.4) is 0 Å². The van der Waals surface area contributed by atoms with E-state index in [4.69, 9.17) is 0 Å². The molecule has 0 spiro atoms. The van der Waals surface area contributed by atoms with Gasteiger partial charge in [-0.25, -0.2) is 0 Å². The van der Waals surface area contributed by atoms with Crippen molar-refractivity contribution in [1.29, 1.82) is 0 Å². The van der Waals surface area contributed by atoms with Crippen LogP contribution in [0.4, 0.5) is 0 Å². The number of hydrogen-bond donors (Lipinski definition) is 1. The third kappa shape index (κ3) is 1.60. The molecule has 2 aliphatic carbocycles. The molecule has 3 rings (SSSR count). The molecule has 19 heavy (non-hydrogen) atoms. The van der Waals surface area contributed by atoms with E-state index in [0.29, 0.717) is 22.5 Å². The first-order valence-electron chi connectivity index (χ1n) is 7.58. The summed E-state index contributed by atoms with van der Waals surface area (Å²) in [5.41, 5.74) is 4.48. The summed E-state index contributed by atoms with van der Waals surface area (Å²) in [6.07, 6.45) is 4.06. The van der Waals surface area contributed by atoms with Gasteiger partial charge in [-0.15, -0.1) is 0 Å². The van der Waals surface area contributed by atoms with Gasteiger partial charge in [-0.2, -0.15) is 0 Å². The van der Waals surface area contributed by atoms with Gasteiger partial charge < -0.3 is 5.11 Å². The van der Waals surface area contributed by atoms with Gasteiger partial charge in [0.2, 0.25) is 0 Å². The van der Waals surface area contributed by atoms with E-state index in [1.807, 2.05) is 13.8 Å². The first-order valence-corrected chi connectivity index (χ1v) is 7.58. The highest BCUT2D eigenvalue weighted by atomic mass is 16.3. The summed E-state index contributed by atoms with van der Waals surface area (Å²) >= 11 is 0. The second kappa shape index (κ2) is 3.77. The van der Waals surface area contributed by atoms with Crippen molar-refractivity contribution in [3.05, 3.63) is 28.8 Å². The fraction of sp³-hybridized carbons (Fsp3) is 0.667. The number of phenols is 1. The highest BCUT2D eigenvalue weighted by Crippen LogP contribution is 2.70. The number of fused-ring (bicyclic) bond motifs is 2. The summed E-state index contributed by atoms with van der Waals surface area (Å²) in [5, 5.41) is 9.97. The van der Waals surface area contributed by atoms with Gasteiger partial charge in [0.05, 0.1) is 0 Å². The van der Waals surface area contributed by atoms with E-state index in [2.05, 4.69) is 32.9 Å². The van der Waals surface area contributed by atoms with Gasteiger partial charge in [0.15, 0.2) is 0 Å². The van der Waals surface area contributed by atoms with Crippen molar-refractivity contribution < 1.29 is 5.11 Å². The van der Waals surface area contributed by atoms with Crippen LogP contribution in [0.5, 0.6) is 5.75 Å². The average molecular weight is 258 g/mol. The van der Waals surface area contributed by atoms with Crippen molar-refractivity contribution in [3.63, 3.8) is 0 Å². The van der Waals surface area contributed by atoms with Gasteiger partial charge in [-0.3, -0.25) is 0 Å². The Morgan fingerprint density at radius 3 is 2.11 bits per heavy atom. The molecule has 0 aromatic heterocycles. The molecular weight excluding hydrogens is 232 g/mol. The fourth-order valence-electron chi connectivity index (χ4n) is 4.93. The molecule has 2 saturated carbocycles. The van der Waals surface area contributed by atoms with Crippen LogP contribution in [0.1, 0.15) is 62.6 Å². The normalized spacial score (nSPS) is 40.9. The van der Waals surface area contributed by atoms with E-state index >= 15 is 0 Å². The van der Waals surface area contributed by atoms with Crippen LogP contribution in [-0.2, 0) is 0 Å². The topological polar surface area (TPSA) is 20.2 Å². The highest BCUT2D eigenvalue weighted by molar-refractivity contribution is 5.44. The van der Waals surface area contributed by atoms with Crippen molar-refractivity contribution in [2.45, 2.75) is 59.8 Å². The first kappa shape index (κ1) is 13.0. The van der Waals surface area contributed by atoms with E-state index in [0.717, 1.165) is 17.0 Å². The smallest absolute Gasteiger partial charge is 0.121 e. The van der Waals surface area contributed by atoms with Crippen molar-refractivity contribution in [2.75, 3.05) is 0 Å². The third-order valence-electron chi connectivity index (χ3n) is 6.65. The Morgan fingerprint density at radius 2 is 1.68 bits per heavy atom. The van der Waals surface area contributed by atoms with Crippen molar-refractivity contribution in [2.24, 2.45) is 16.7 Å². The quantitative estimate of drug-likeness (QED) is 0.756. The summed E-state index contributed by atoms with van der Waals surface area (Å²) in [7, 11) is 0. The van der Waals surface area contributed by atoms with Gasteiger partial charge in [0.25, 0.3) is 0 Å². The number of phenolic OH excluding ortho intramolecular Hbond substituents is 1. The van der Waals surface area contributed by atoms with E-state index in [9.17, 15) is 5.11 Å². The van der Waals surface area contributed by atoms with Gasteiger partial charge in [-0.1, -0.05) is 32.9 Å². The Hall–Kier alpha value is -0.980. The SMILES string of the molecule is Cc1cc([C@@H]2C[C@@]3(C)CC[C@]2(C)C3C)cc(C)c1O. The number of rotatable bonds is 1. The molecule has 0 radical (unpaired) electrons. The lowest BCUT2D eigenvalue weighted by molar-refractivity contribution is 0.226. The maximum absolute atomic E-state index is 9.97. The minimum atomic E-state index is 0.449. The molecule has 2 bridgehead atoms. The molecule has 1 aromatic rings. The van der Waals surface area contributed by atoms with E-state index in [-0.39, 0.29) is 0 Å². The van der Waals surface area contributed by atoms with E-state index in [1.165, 1.54) is 24.8 Å². The molecule has 1 unspecified atom stereocenters. The molecule has 1 nitrogen and oxygen atoms in total. The Kier molecular flexibility index (Phi) is 2.59. The summed E-state index contributed by atoms with van der Waals surface area (Å²) in [6, 6.07) is 4.43. The summed E-state index contributed by atoms with van der Waals surface area (Å²) in [5.74, 6) is 1.94. The molecule has 1 heteroatoms.